The van der Waals surface area contributed by atoms with Crippen LogP contribution >= 0.6 is 0 Å². The second-order valence-electron chi connectivity index (χ2n) is 4.83. The number of rotatable bonds is 10. The molecule has 0 aromatic heterocycles. The first-order valence-corrected chi connectivity index (χ1v) is 6.84. The largest absolute Gasteiger partial charge is 2.00 e. The van der Waals surface area contributed by atoms with E-state index >= 15 is 0 Å². The molecule has 0 aromatic carbocycles. The Morgan fingerprint density at radius 3 is 0.629 bits per heavy atom. The van der Waals surface area contributed by atoms with Crippen molar-refractivity contribution in [2.75, 3.05) is 0 Å². The van der Waals surface area contributed by atoms with Gasteiger partial charge in [0.1, 0.15) is 11.2 Å². The van der Waals surface area contributed by atoms with Crippen LogP contribution in [0, 0.1) is 0 Å². The summed E-state index contributed by atoms with van der Waals surface area (Å²) in [7, 11) is 0. The van der Waals surface area contributed by atoms with Crippen LogP contribution in [-0.2, 0) is 43.2 Å². The summed E-state index contributed by atoms with van der Waals surface area (Å²) in [6, 6.07) is 0. The predicted octanol–water partition coefficient (Wildman–Crippen LogP) is -12.8. The molecule has 0 spiro atoms. The van der Waals surface area contributed by atoms with E-state index in [0.29, 0.717) is 0 Å². The summed E-state index contributed by atoms with van der Waals surface area (Å²) in [5, 5.41) is 77.9. The van der Waals surface area contributed by atoms with E-state index in [0.717, 1.165) is 0 Å². The van der Waals surface area contributed by atoms with Crippen LogP contribution in [0.25, 0.3) is 0 Å². The molecular weight excluding hydrogens is 572 g/mol. The molecule has 0 bridgehead atoms. The van der Waals surface area contributed by atoms with Gasteiger partial charge in [0.25, 0.3) is 20.4 Å². The molecule has 0 saturated carbocycles. The molecule has 0 fully saturated rings. The van der Waals surface area contributed by atoms with Gasteiger partial charge in [-0.05, 0) is 0 Å². The van der Waals surface area contributed by atoms with Crippen LogP contribution in [0.5, 0.6) is 0 Å². The number of hydrogen-bond donors (Lipinski definition) is 2. The SMILES string of the molecule is O=C([O-])CC(O)(CC(=O)[O-])C(=O)[O-].O=C([O-])CC(O)(CC(=O)[O-])C(=O)[O-].[C]=O.[C]=O.[C]=O.[Ca+2].[Ca+2].[Ca+2]. The van der Waals surface area contributed by atoms with E-state index in [4.69, 9.17) is 24.6 Å². The Morgan fingerprint density at radius 1 is 0.457 bits per heavy atom. The van der Waals surface area contributed by atoms with Crippen molar-refractivity contribution in [2.24, 2.45) is 0 Å². The Balaban J connectivity index is -0.0000000532. The molecular formula is C15H10Ca3O17. The fraction of sp³-hybridized carbons (Fsp3) is 0.400. The van der Waals surface area contributed by atoms with Crippen LogP contribution in [0.4, 0.5) is 0 Å². The Bertz CT molecular complexity index is 566. The molecule has 0 unspecified atom stereocenters. The predicted molar refractivity (Wildman–Crippen MR) is 92.8 cm³/mol. The molecule has 0 aliphatic carbocycles. The molecule has 2 N–H and O–H groups in total. The van der Waals surface area contributed by atoms with Gasteiger partial charge >= 0.3 is 113 Å². The van der Waals surface area contributed by atoms with Gasteiger partial charge in [-0.3, -0.25) is 14.4 Å². The van der Waals surface area contributed by atoms with Crippen LogP contribution in [0.2, 0.25) is 0 Å². The van der Waals surface area contributed by atoms with Gasteiger partial charge in [-0.25, -0.2) is 0 Å². The van der Waals surface area contributed by atoms with Crippen molar-refractivity contribution in [3.8, 4) is 0 Å². The number of carbonyl (C=O) groups excluding carboxylic acids is 9. The first-order valence-electron chi connectivity index (χ1n) is 6.84. The van der Waals surface area contributed by atoms with Crippen molar-refractivity contribution < 1.29 is 84.0 Å². The maximum absolute atomic E-state index is 10.1. The van der Waals surface area contributed by atoms with E-state index in [9.17, 15) is 59.4 Å². The van der Waals surface area contributed by atoms with Gasteiger partial charge in [0.2, 0.25) is 0 Å². The fourth-order valence-corrected chi connectivity index (χ4v) is 1.37. The molecule has 0 saturated heterocycles. The number of carbonyl (C=O) groups is 6. The van der Waals surface area contributed by atoms with Gasteiger partial charge in [0.15, 0.2) is 0 Å². The van der Waals surface area contributed by atoms with E-state index in [1.165, 1.54) is 0 Å². The van der Waals surface area contributed by atoms with Gasteiger partial charge in [-0.15, -0.1) is 0 Å². The van der Waals surface area contributed by atoms with Gasteiger partial charge in [0.05, 0.1) is 11.9 Å². The molecule has 0 rings (SSSR count). The monoisotopic (exact) mass is 582 g/mol. The minimum atomic E-state index is -2.97. The summed E-state index contributed by atoms with van der Waals surface area (Å²) >= 11 is 0. The van der Waals surface area contributed by atoms with Crippen LogP contribution in [0.15, 0.2) is 0 Å². The van der Waals surface area contributed by atoms with Gasteiger partial charge in [0, 0.05) is 49.6 Å². The molecule has 0 heterocycles. The maximum Gasteiger partial charge on any atom is 2.00 e. The van der Waals surface area contributed by atoms with E-state index in [2.05, 4.69) is 20.4 Å². The van der Waals surface area contributed by atoms with Crippen molar-refractivity contribution in [2.45, 2.75) is 36.9 Å². The number of aliphatic carboxylic acids is 6. The standard InChI is InChI=1S/2C6H8O7.3CO.3Ca/c2*7-3(8)1-6(13,5(11)12)2-4(9)10;3*1-2;;;/h2*13H,1-2H2,(H,7,8)(H,9,10)(H,11,12);;;;;;/q;;;;;3*+2/p-6. The zero-order chi connectivity index (χ0) is 27.3. The van der Waals surface area contributed by atoms with E-state index in [1.807, 2.05) is 0 Å². The van der Waals surface area contributed by atoms with Gasteiger partial charge in [-0.2, -0.15) is 0 Å². The topological polar surface area (TPSA) is 332 Å². The summed E-state index contributed by atoms with van der Waals surface area (Å²) in [6.45, 7) is 13.5. The smallest absolute Gasteiger partial charge is 0.550 e. The quantitative estimate of drug-likeness (QED) is 0.226. The molecule has 0 aliphatic rings. The third kappa shape index (κ3) is 33.5. The van der Waals surface area contributed by atoms with E-state index < -0.39 is 72.7 Å². The van der Waals surface area contributed by atoms with Crippen LogP contribution in [-0.4, -0.2) is 191 Å². The Hall–Kier alpha value is -0.471. The third-order valence-electron chi connectivity index (χ3n) is 2.51. The first-order chi connectivity index (χ1) is 14.6. The number of carboxylic acids is 6. The maximum atomic E-state index is 10.1. The molecule has 0 aliphatic heterocycles. The Morgan fingerprint density at radius 2 is 0.571 bits per heavy atom. The van der Waals surface area contributed by atoms with E-state index in [-0.39, 0.29) is 113 Å². The molecule has 35 heavy (non-hydrogen) atoms. The summed E-state index contributed by atoms with van der Waals surface area (Å²) in [4.78, 5) is 82.5. The molecule has 0 amide bonds. The second kappa shape index (κ2) is 31.6. The average molecular weight is 582 g/mol. The zero-order valence-electron chi connectivity index (χ0n) is 17.5. The normalized spacial score (nSPS) is 8.40. The number of carboxylic acid groups (broad SMARTS) is 6. The van der Waals surface area contributed by atoms with E-state index in [1.54, 1.807) is 0 Å². The summed E-state index contributed by atoms with van der Waals surface area (Å²) in [5.74, 6) is -12.0. The molecule has 0 atom stereocenters. The molecule has 17 nitrogen and oxygen atoms in total. The first kappa shape index (κ1) is 55.2. The third-order valence-corrected chi connectivity index (χ3v) is 2.51. The fourth-order valence-electron chi connectivity index (χ4n) is 1.37. The van der Waals surface area contributed by atoms with Gasteiger partial charge < -0.3 is 69.6 Å². The van der Waals surface area contributed by atoms with Crippen molar-refractivity contribution in [1.82, 2.24) is 0 Å². The van der Waals surface area contributed by atoms with Crippen molar-refractivity contribution in [1.29, 1.82) is 0 Å². The molecule has 6 radical (unpaired) electrons. The summed E-state index contributed by atoms with van der Waals surface area (Å²) in [5.41, 5.74) is -5.95. The minimum Gasteiger partial charge on any atom is -0.550 e. The van der Waals surface area contributed by atoms with Crippen LogP contribution < -0.4 is 30.6 Å². The van der Waals surface area contributed by atoms with Gasteiger partial charge in [-0.1, -0.05) is 0 Å². The summed E-state index contributed by atoms with van der Waals surface area (Å²) < 4.78 is 0. The Labute approximate surface area is 286 Å². The Kier molecular flexibility index (Phi) is 49.7. The molecule has 0 aromatic rings. The zero-order valence-corrected chi connectivity index (χ0v) is 24.1. The average Bonchev–Trinajstić information content (AvgIpc) is 2.64. The number of hydrogen-bond acceptors (Lipinski definition) is 17. The molecule has 178 valence electrons. The second-order valence-corrected chi connectivity index (χ2v) is 4.83. The number of aliphatic hydroxyl groups is 2. The van der Waals surface area contributed by atoms with Crippen molar-refractivity contribution >= 4 is 169 Å². The van der Waals surface area contributed by atoms with Crippen LogP contribution in [0.1, 0.15) is 25.7 Å². The van der Waals surface area contributed by atoms with Crippen molar-refractivity contribution in [3.05, 3.63) is 0 Å². The minimum absolute atomic E-state index is 0. The van der Waals surface area contributed by atoms with Crippen LogP contribution in [0.3, 0.4) is 0 Å². The van der Waals surface area contributed by atoms with Crippen molar-refractivity contribution in [3.63, 3.8) is 0 Å². The molecule has 20 heteroatoms. The summed E-state index contributed by atoms with van der Waals surface area (Å²) in [6.07, 6.45) is -5.43.